The predicted octanol–water partition coefficient (Wildman–Crippen LogP) is 4.50. The monoisotopic (exact) mass is 355 g/mol. The first kappa shape index (κ1) is 18.0. The van der Waals surface area contributed by atoms with Gasteiger partial charge in [0.2, 0.25) is 0 Å². The Kier molecular flexibility index (Phi) is 5.94. The number of rotatable bonds is 9. The fourth-order valence-electron chi connectivity index (χ4n) is 2.79. The van der Waals surface area contributed by atoms with E-state index in [0.717, 1.165) is 59.9 Å². The Morgan fingerprint density at radius 2 is 2.00 bits per heavy atom. The fourth-order valence-corrected chi connectivity index (χ4v) is 2.79. The van der Waals surface area contributed by atoms with E-state index in [1.54, 1.807) is 6.20 Å². The zero-order valence-corrected chi connectivity index (χ0v) is 15.6. The van der Waals surface area contributed by atoms with Crippen molar-refractivity contribution < 1.29 is 13.7 Å². The first-order chi connectivity index (χ1) is 12.6. The number of unbranched alkanes of at least 4 members (excludes halogenated alkanes) is 2. The van der Waals surface area contributed by atoms with E-state index >= 15 is 0 Å². The van der Waals surface area contributed by atoms with E-state index in [1.165, 1.54) is 6.39 Å². The summed E-state index contributed by atoms with van der Waals surface area (Å²) in [6, 6.07) is 8.04. The van der Waals surface area contributed by atoms with Gasteiger partial charge in [0.25, 0.3) is 0 Å². The van der Waals surface area contributed by atoms with Crippen LogP contribution in [0.5, 0.6) is 5.75 Å². The van der Waals surface area contributed by atoms with Crippen LogP contribution in [0.3, 0.4) is 0 Å². The maximum atomic E-state index is 6.00. The van der Waals surface area contributed by atoms with Crippen LogP contribution in [-0.4, -0.2) is 30.8 Å². The van der Waals surface area contributed by atoms with Crippen molar-refractivity contribution >= 4 is 5.69 Å². The van der Waals surface area contributed by atoms with Crippen LogP contribution in [0.25, 0.3) is 11.3 Å². The van der Waals surface area contributed by atoms with E-state index in [9.17, 15) is 0 Å². The molecule has 2 aromatic heterocycles. The maximum Gasteiger partial charge on any atom is 0.181 e. The number of hydrogen-bond donors (Lipinski definition) is 0. The van der Waals surface area contributed by atoms with Gasteiger partial charge in [0, 0.05) is 32.1 Å². The average Bonchev–Trinajstić information content (AvgIpc) is 3.30. The van der Waals surface area contributed by atoms with Crippen LogP contribution in [0.15, 0.2) is 45.8 Å². The van der Waals surface area contributed by atoms with Gasteiger partial charge in [0.05, 0.1) is 24.2 Å². The van der Waals surface area contributed by atoms with Gasteiger partial charge in [-0.3, -0.25) is 0 Å². The number of benzene rings is 1. The second-order valence-electron chi connectivity index (χ2n) is 6.54. The molecule has 0 atom stereocenters. The van der Waals surface area contributed by atoms with Crippen molar-refractivity contribution in [1.82, 2.24) is 10.1 Å². The fraction of sp³-hybridized carbons (Fsp3) is 0.400. The third-order valence-electron chi connectivity index (χ3n) is 4.16. The predicted molar refractivity (Wildman–Crippen MR) is 101 cm³/mol. The lowest BCUT2D eigenvalue weighted by atomic mass is 10.1. The highest BCUT2D eigenvalue weighted by molar-refractivity contribution is 5.69. The Morgan fingerprint density at radius 3 is 2.69 bits per heavy atom. The summed E-state index contributed by atoms with van der Waals surface area (Å²) in [5, 5.41) is 3.91. The highest BCUT2D eigenvalue weighted by Crippen LogP contribution is 2.32. The second-order valence-corrected chi connectivity index (χ2v) is 6.54. The molecule has 0 aliphatic heterocycles. The number of aryl methyl sites for hydroxylation is 2. The quantitative estimate of drug-likeness (QED) is 0.527. The third-order valence-corrected chi connectivity index (χ3v) is 4.16. The molecule has 6 heteroatoms. The SMILES string of the molecule is Cc1cc(CCCCCOc2ccc(-c3cnco3)cc2N(C)C)on1. The summed E-state index contributed by atoms with van der Waals surface area (Å²) in [7, 11) is 4.01. The summed E-state index contributed by atoms with van der Waals surface area (Å²) < 4.78 is 16.6. The zero-order valence-electron chi connectivity index (χ0n) is 15.6. The molecule has 0 aliphatic rings. The van der Waals surface area contributed by atoms with Gasteiger partial charge in [0.15, 0.2) is 12.2 Å². The van der Waals surface area contributed by atoms with Crippen LogP contribution in [-0.2, 0) is 6.42 Å². The Hall–Kier alpha value is -2.76. The van der Waals surface area contributed by atoms with Crippen LogP contribution in [0.1, 0.15) is 30.7 Å². The molecule has 0 spiro atoms. The number of hydrogen-bond acceptors (Lipinski definition) is 6. The van der Waals surface area contributed by atoms with Gasteiger partial charge in [-0.15, -0.1) is 0 Å². The molecular formula is C20H25N3O3. The first-order valence-corrected chi connectivity index (χ1v) is 8.88. The van der Waals surface area contributed by atoms with Gasteiger partial charge >= 0.3 is 0 Å². The van der Waals surface area contributed by atoms with Crippen LogP contribution in [0, 0.1) is 6.92 Å². The lowest BCUT2D eigenvalue weighted by molar-refractivity contribution is 0.304. The largest absolute Gasteiger partial charge is 0.491 e. The van der Waals surface area contributed by atoms with Crippen LogP contribution < -0.4 is 9.64 Å². The van der Waals surface area contributed by atoms with Gasteiger partial charge in [-0.25, -0.2) is 4.98 Å². The Morgan fingerprint density at radius 1 is 1.12 bits per heavy atom. The smallest absolute Gasteiger partial charge is 0.181 e. The molecule has 0 aliphatic carbocycles. The molecule has 0 saturated heterocycles. The number of ether oxygens (including phenoxy) is 1. The highest BCUT2D eigenvalue weighted by atomic mass is 16.5. The van der Waals surface area contributed by atoms with E-state index in [1.807, 2.05) is 44.1 Å². The number of anilines is 1. The molecule has 138 valence electrons. The number of aromatic nitrogens is 2. The number of oxazole rings is 1. The van der Waals surface area contributed by atoms with Gasteiger partial charge in [-0.05, 0) is 44.4 Å². The lowest BCUT2D eigenvalue weighted by Gasteiger charge is -2.18. The molecule has 6 nitrogen and oxygen atoms in total. The molecule has 26 heavy (non-hydrogen) atoms. The number of nitrogens with zero attached hydrogens (tertiary/aromatic N) is 3. The van der Waals surface area contributed by atoms with E-state index in [4.69, 9.17) is 13.7 Å². The minimum absolute atomic E-state index is 0.692. The molecule has 3 rings (SSSR count). The summed E-state index contributed by atoms with van der Waals surface area (Å²) in [4.78, 5) is 6.02. The molecule has 0 radical (unpaired) electrons. The van der Waals surface area contributed by atoms with Crippen molar-refractivity contribution in [2.45, 2.75) is 32.6 Å². The summed E-state index contributed by atoms with van der Waals surface area (Å²) in [6.07, 6.45) is 7.25. The summed E-state index contributed by atoms with van der Waals surface area (Å²) in [6.45, 7) is 2.63. The van der Waals surface area contributed by atoms with E-state index < -0.39 is 0 Å². The van der Waals surface area contributed by atoms with E-state index in [-0.39, 0.29) is 0 Å². The molecule has 2 heterocycles. The normalized spacial score (nSPS) is 10.9. The van der Waals surface area contributed by atoms with Crippen molar-refractivity contribution in [1.29, 1.82) is 0 Å². The molecule has 0 N–H and O–H groups in total. The molecule has 1 aromatic carbocycles. The standard InChI is InChI=1S/C20H25N3O3/c1-15-11-17(26-22-15)7-5-4-6-10-24-19-9-8-16(12-18(19)23(2)3)20-13-21-14-25-20/h8-9,11-14H,4-7,10H2,1-3H3. The lowest BCUT2D eigenvalue weighted by Crippen LogP contribution is -2.11. The molecule has 0 bridgehead atoms. The topological polar surface area (TPSA) is 64.5 Å². The second kappa shape index (κ2) is 8.56. The van der Waals surface area contributed by atoms with Crippen LogP contribution >= 0.6 is 0 Å². The van der Waals surface area contributed by atoms with Crippen LogP contribution in [0.2, 0.25) is 0 Å². The van der Waals surface area contributed by atoms with Crippen molar-refractivity contribution in [2.75, 3.05) is 25.6 Å². The minimum Gasteiger partial charge on any atom is -0.491 e. The van der Waals surface area contributed by atoms with Crippen LogP contribution in [0.4, 0.5) is 5.69 Å². The van der Waals surface area contributed by atoms with Crippen molar-refractivity contribution in [2.24, 2.45) is 0 Å². The molecule has 3 aromatic rings. The third kappa shape index (κ3) is 4.65. The van der Waals surface area contributed by atoms with Gasteiger partial charge in [-0.2, -0.15) is 0 Å². The highest BCUT2D eigenvalue weighted by Gasteiger charge is 2.10. The van der Waals surface area contributed by atoms with E-state index in [2.05, 4.69) is 16.2 Å². The summed E-state index contributed by atoms with van der Waals surface area (Å²) in [5.41, 5.74) is 2.95. The molecule has 0 fully saturated rings. The first-order valence-electron chi connectivity index (χ1n) is 8.88. The summed E-state index contributed by atoms with van der Waals surface area (Å²) in [5.74, 6) is 2.59. The maximum absolute atomic E-state index is 6.00. The van der Waals surface area contributed by atoms with Gasteiger partial charge < -0.3 is 18.6 Å². The molecule has 0 amide bonds. The van der Waals surface area contributed by atoms with Crippen molar-refractivity contribution in [3.63, 3.8) is 0 Å². The summed E-state index contributed by atoms with van der Waals surface area (Å²) >= 11 is 0. The Bertz CT molecular complexity index is 810. The Balaban J connectivity index is 1.49. The zero-order chi connectivity index (χ0) is 18.4. The van der Waals surface area contributed by atoms with Crippen molar-refractivity contribution in [3.05, 3.63) is 48.3 Å². The average molecular weight is 355 g/mol. The molecular weight excluding hydrogens is 330 g/mol. The molecule has 0 saturated carbocycles. The Labute approximate surface area is 153 Å². The van der Waals surface area contributed by atoms with Gasteiger partial charge in [-0.1, -0.05) is 5.16 Å². The molecule has 0 unspecified atom stereocenters. The minimum atomic E-state index is 0.692. The van der Waals surface area contributed by atoms with Gasteiger partial charge in [0.1, 0.15) is 11.5 Å². The van der Waals surface area contributed by atoms with E-state index in [0.29, 0.717) is 6.61 Å². The van der Waals surface area contributed by atoms with Crippen molar-refractivity contribution in [3.8, 4) is 17.1 Å².